The van der Waals surface area contributed by atoms with Crippen LogP contribution in [0.3, 0.4) is 0 Å². The third-order valence-corrected chi connectivity index (χ3v) is 2.95. The van der Waals surface area contributed by atoms with Crippen molar-refractivity contribution < 1.29 is 19.4 Å². The molecule has 0 saturated heterocycles. The Balaban J connectivity index is 3.32. The van der Waals surface area contributed by atoms with Crippen LogP contribution < -0.4 is 4.90 Å². The Labute approximate surface area is 134 Å². The van der Waals surface area contributed by atoms with Gasteiger partial charge in [0.25, 0.3) is 0 Å². The minimum Gasteiger partial charge on any atom is -0.481 e. The van der Waals surface area contributed by atoms with Crippen LogP contribution in [0.15, 0.2) is 17.2 Å². The van der Waals surface area contributed by atoms with Crippen molar-refractivity contribution in [2.45, 2.75) is 39.7 Å². The summed E-state index contributed by atoms with van der Waals surface area (Å²) in [6.45, 7) is 6.93. The van der Waals surface area contributed by atoms with Gasteiger partial charge in [0.15, 0.2) is 0 Å². The molecule has 0 fully saturated rings. The highest BCUT2D eigenvalue weighted by Crippen LogP contribution is 2.31. The lowest BCUT2D eigenvalue weighted by atomic mass is 10.0. The number of nitrogens with zero attached hydrogens (tertiary/aromatic N) is 4. The van der Waals surface area contributed by atoms with Gasteiger partial charge in [0, 0.05) is 17.6 Å². The van der Waals surface area contributed by atoms with Gasteiger partial charge in [-0.05, 0) is 56.5 Å². The summed E-state index contributed by atoms with van der Waals surface area (Å²) < 4.78 is 5.30. The van der Waals surface area contributed by atoms with Gasteiger partial charge in [0.05, 0.1) is 12.1 Å². The Morgan fingerprint density at radius 3 is 2.48 bits per heavy atom. The molecule has 1 rings (SSSR count). The van der Waals surface area contributed by atoms with Gasteiger partial charge >= 0.3 is 12.1 Å². The molecule has 124 valence electrons. The van der Waals surface area contributed by atoms with Crippen LogP contribution in [0, 0.1) is 6.92 Å². The number of hydrogen-bond donors (Lipinski definition) is 1. The fourth-order valence-corrected chi connectivity index (χ4v) is 1.95. The van der Waals surface area contributed by atoms with Crippen LogP contribution >= 0.6 is 0 Å². The maximum absolute atomic E-state index is 12.2. The predicted octanol–water partition coefficient (Wildman–Crippen LogP) is 3.94. The molecular formula is C15H20N4O4. The molecule has 8 nitrogen and oxygen atoms in total. The van der Waals surface area contributed by atoms with E-state index in [9.17, 15) is 9.59 Å². The van der Waals surface area contributed by atoms with Crippen molar-refractivity contribution in [3.05, 3.63) is 33.7 Å². The molecule has 8 heteroatoms. The lowest BCUT2D eigenvalue weighted by Crippen LogP contribution is -2.34. The highest BCUT2D eigenvalue weighted by atomic mass is 16.6. The van der Waals surface area contributed by atoms with E-state index < -0.39 is 17.7 Å². The summed E-state index contributed by atoms with van der Waals surface area (Å²) in [5.74, 6) is -1.02. The molecule has 1 aromatic rings. The number of carboxylic acid groups (broad SMARTS) is 1. The number of benzene rings is 1. The number of amides is 1. The fraction of sp³-hybridized carbons (Fsp3) is 0.467. The lowest BCUT2D eigenvalue weighted by molar-refractivity contribution is -0.136. The molecule has 0 radical (unpaired) electrons. The monoisotopic (exact) mass is 320 g/mol. The van der Waals surface area contributed by atoms with Crippen molar-refractivity contribution in [2.24, 2.45) is 5.11 Å². The summed E-state index contributed by atoms with van der Waals surface area (Å²) in [4.78, 5) is 27.1. The van der Waals surface area contributed by atoms with Crippen molar-refractivity contribution in [3.8, 4) is 0 Å². The van der Waals surface area contributed by atoms with Crippen molar-refractivity contribution in [2.75, 3.05) is 11.9 Å². The van der Waals surface area contributed by atoms with Gasteiger partial charge in [0.1, 0.15) is 5.60 Å². The highest BCUT2D eigenvalue weighted by Gasteiger charge is 2.22. The summed E-state index contributed by atoms with van der Waals surface area (Å²) in [7, 11) is 1.51. The number of azide groups is 1. The van der Waals surface area contributed by atoms with E-state index in [4.69, 9.17) is 15.4 Å². The third-order valence-electron chi connectivity index (χ3n) is 2.95. The van der Waals surface area contributed by atoms with Gasteiger partial charge in [-0.3, -0.25) is 9.69 Å². The molecule has 0 heterocycles. The molecule has 0 aromatic heterocycles. The molecule has 0 unspecified atom stereocenters. The van der Waals surface area contributed by atoms with E-state index in [1.807, 2.05) is 0 Å². The quantitative estimate of drug-likeness (QED) is 0.514. The van der Waals surface area contributed by atoms with Crippen LogP contribution in [-0.2, 0) is 16.0 Å². The number of anilines is 1. The van der Waals surface area contributed by atoms with Crippen LogP contribution in [0.2, 0.25) is 0 Å². The number of aliphatic carboxylic acids is 1. The van der Waals surface area contributed by atoms with Crippen LogP contribution in [0.25, 0.3) is 10.4 Å². The third kappa shape index (κ3) is 5.19. The number of hydrogen-bond acceptors (Lipinski definition) is 4. The molecule has 0 aliphatic heterocycles. The largest absolute Gasteiger partial charge is 0.481 e. The van der Waals surface area contributed by atoms with Crippen LogP contribution in [0.5, 0.6) is 0 Å². The van der Waals surface area contributed by atoms with Gasteiger partial charge < -0.3 is 9.84 Å². The normalized spacial score (nSPS) is 10.7. The Bertz CT molecular complexity index is 673. The average molecular weight is 320 g/mol. The first-order valence-electron chi connectivity index (χ1n) is 6.92. The molecule has 0 bridgehead atoms. The predicted molar refractivity (Wildman–Crippen MR) is 86.0 cm³/mol. The van der Waals surface area contributed by atoms with Crippen molar-refractivity contribution in [3.63, 3.8) is 0 Å². The second kappa shape index (κ2) is 7.02. The molecule has 0 atom stereocenters. The Morgan fingerprint density at radius 1 is 1.39 bits per heavy atom. The van der Waals surface area contributed by atoms with E-state index in [-0.39, 0.29) is 12.1 Å². The van der Waals surface area contributed by atoms with E-state index in [0.29, 0.717) is 16.8 Å². The minimum atomic E-state index is -1.02. The van der Waals surface area contributed by atoms with E-state index in [2.05, 4.69) is 10.0 Å². The van der Waals surface area contributed by atoms with E-state index in [1.165, 1.54) is 18.0 Å². The Morgan fingerprint density at radius 2 is 2.00 bits per heavy atom. The van der Waals surface area contributed by atoms with Crippen LogP contribution in [-0.4, -0.2) is 29.8 Å². The van der Waals surface area contributed by atoms with Gasteiger partial charge in [-0.1, -0.05) is 5.11 Å². The topological polar surface area (TPSA) is 116 Å². The zero-order valence-electron chi connectivity index (χ0n) is 13.8. The first-order valence-corrected chi connectivity index (χ1v) is 6.92. The van der Waals surface area contributed by atoms with Crippen molar-refractivity contribution in [1.82, 2.24) is 0 Å². The number of carboxylic acids is 1. The number of rotatable bonds is 4. The second-order valence-corrected chi connectivity index (χ2v) is 6.06. The standard InChI is InChI=1S/C15H20N4O4/c1-9-11(17-18-16)6-10(8-13(20)21)7-12(9)19(5)14(22)23-15(2,3)4/h6-7H,8H2,1-5H3,(H,20,21). The molecule has 0 aliphatic carbocycles. The smallest absolute Gasteiger partial charge is 0.414 e. The van der Waals surface area contributed by atoms with E-state index in [1.54, 1.807) is 33.8 Å². The van der Waals surface area contributed by atoms with E-state index >= 15 is 0 Å². The summed E-state index contributed by atoms with van der Waals surface area (Å²) in [6, 6.07) is 3.07. The van der Waals surface area contributed by atoms with Gasteiger partial charge in [0.2, 0.25) is 0 Å². The molecule has 0 aliphatic rings. The van der Waals surface area contributed by atoms with Gasteiger partial charge in [-0.25, -0.2) is 4.79 Å². The number of carbonyl (C=O) groups excluding carboxylic acids is 1. The number of carbonyl (C=O) groups is 2. The van der Waals surface area contributed by atoms with Crippen molar-refractivity contribution >= 4 is 23.4 Å². The molecular weight excluding hydrogens is 300 g/mol. The second-order valence-electron chi connectivity index (χ2n) is 6.06. The Hall–Kier alpha value is -2.73. The lowest BCUT2D eigenvalue weighted by Gasteiger charge is -2.26. The number of ether oxygens (including phenoxy) is 1. The van der Waals surface area contributed by atoms with Crippen molar-refractivity contribution in [1.29, 1.82) is 0 Å². The summed E-state index contributed by atoms with van der Waals surface area (Å²) in [6.07, 6.45) is -0.830. The fourth-order valence-electron chi connectivity index (χ4n) is 1.95. The van der Waals surface area contributed by atoms with Gasteiger partial charge in [-0.2, -0.15) is 0 Å². The summed E-state index contributed by atoms with van der Waals surface area (Å²) >= 11 is 0. The molecule has 1 amide bonds. The van der Waals surface area contributed by atoms with E-state index in [0.717, 1.165) is 0 Å². The maximum atomic E-state index is 12.2. The maximum Gasteiger partial charge on any atom is 0.414 e. The zero-order valence-corrected chi connectivity index (χ0v) is 13.8. The molecule has 0 spiro atoms. The SMILES string of the molecule is Cc1c(N=[N+]=[N-])cc(CC(=O)O)cc1N(C)C(=O)OC(C)(C)C. The minimum absolute atomic E-state index is 0.247. The molecule has 1 N–H and O–H groups in total. The molecule has 1 aromatic carbocycles. The van der Waals surface area contributed by atoms with Gasteiger partial charge in [-0.15, -0.1) is 0 Å². The molecule has 0 saturated carbocycles. The first kappa shape index (κ1) is 18.3. The average Bonchev–Trinajstić information content (AvgIpc) is 2.39. The Kier molecular flexibility index (Phi) is 5.59. The zero-order chi connectivity index (χ0) is 17.8. The van der Waals surface area contributed by atoms with Crippen LogP contribution in [0.4, 0.5) is 16.2 Å². The molecule has 23 heavy (non-hydrogen) atoms. The summed E-state index contributed by atoms with van der Waals surface area (Å²) in [5.41, 5.74) is 9.68. The van der Waals surface area contributed by atoms with Crippen LogP contribution in [0.1, 0.15) is 31.9 Å². The highest BCUT2D eigenvalue weighted by molar-refractivity contribution is 5.90. The first-order chi connectivity index (χ1) is 10.5. The summed E-state index contributed by atoms with van der Waals surface area (Å²) in [5, 5.41) is 12.5.